The maximum atomic E-state index is 13.0. The second-order valence-corrected chi connectivity index (χ2v) is 4.64. The maximum Gasteiger partial charge on any atom is 0.234 e. The number of carbonyl (C=O) groups is 1. The van der Waals surface area contributed by atoms with Crippen molar-refractivity contribution in [3.8, 4) is 0 Å². The largest absolute Gasteiger partial charge is 0.351 e. The predicted molar refractivity (Wildman–Crippen MR) is 76.4 cm³/mol. The van der Waals surface area contributed by atoms with E-state index < -0.39 is 11.6 Å². The highest BCUT2D eigenvalue weighted by molar-refractivity contribution is 5.77. The van der Waals surface area contributed by atoms with Crippen LogP contribution in [0.1, 0.15) is 11.1 Å². The summed E-state index contributed by atoms with van der Waals surface area (Å²) in [5.41, 5.74) is 1.47. The van der Waals surface area contributed by atoms with E-state index in [1.807, 2.05) is 30.3 Å². The molecule has 0 heterocycles. The van der Waals surface area contributed by atoms with Crippen LogP contribution < -0.4 is 10.6 Å². The molecule has 0 fully saturated rings. The van der Waals surface area contributed by atoms with Gasteiger partial charge in [0, 0.05) is 19.2 Å². The normalized spacial score (nSPS) is 10.4. The van der Waals surface area contributed by atoms with Gasteiger partial charge in [0.25, 0.3) is 0 Å². The van der Waals surface area contributed by atoms with Crippen molar-refractivity contribution in [1.82, 2.24) is 10.6 Å². The first kappa shape index (κ1) is 15.1. The van der Waals surface area contributed by atoms with Gasteiger partial charge in [0.1, 0.15) is 11.6 Å². The van der Waals surface area contributed by atoms with Crippen LogP contribution >= 0.6 is 0 Å². The quantitative estimate of drug-likeness (QED) is 0.857. The standard InChI is InChI=1S/C16H16F2N2O/c17-14-6-13(7-15(18)8-14)9-19-11-16(21)20-10-12-4-2-1-3-5-12/h1-8,19H,9-11H2,(H,20,21). The van der Waals surface area contributed by atoms with Gasteiger partial charge >= 0.3 is 0 Å². The molecule has 5 heteroatoms. The van der Waals surface area contributed by atoms with Crippen LogP contribution in [0.5, 0.6) is 0 Å². The average molecular weight is 290 g/mol. The zero-order valence-electron chi connectivity index (χ0n) is 11.4. The van der Waals surface area contributed by atoms with Gasteiger partial charge in [0.15, 0.2) is 0 Å². The van der Waals surface area contributed by atoms with E-state index in [4.69, 9.17) is 0 Å². The average Bonchev–Trinajstić information content (AvgIpc) is 2.45. The van der Waals surface area contributed by atoms with Crippen LogP contribution in [0.2, 0.25) is 0 Å². The molecule has 0 aromatic heterocycles. The zero-order chi connectivity index (χ0) is 15.1. The Labute approximate surface area is 122 Å². The van der Waals surface area contributed by atoms with Gasteiger partial charge in [-0.3, -0.25) is 4.79 Å². The summed E-state index contributed by atoms with van der Waals surface area (Å²) < 4.78 is 26.0. The molecule has 0 bridgehead atoms. The van der Waals surface area contributed by atoms with Crippen LogP contribution in [0.3, 0.4) is 0 Å². The van der Waals surface area contributed by atoms with Crippen LogP contribution in [-0.4, -0.2) is 12.5 Å². The second kappa shape index (κ2) is 7.50. The van der Waals surface area contributed by atoms with Crippen LogP contribution in [0, 0.1) is 11.6 Å². The SMILES string of the molecule is O=C(CNCc1cc(F)cc(F)c1)NCc1ccccc1. The van der Waals surface area contributed by atoms with E-state index in [1.165, 1.54) is 12.1 Å². The third-order valence-corrected chi connectivity index (χ3v) is 2.87. The molecular formula is C16H16F2N2O. The van der Waals surface area contributed by atoms with Gasteiger partial charge in [-0.2, -0.15) is 0 Å². The van der Waals surface area contributed by atoms with E-state index in [-0.39, 0.29) is 19.0 Å². The minimum Gasteiger partial charge on any atom is -0.351 e. The number of hydrogen-bond donors (Lipinski definition) is 2. The van der Waals surface area contributed by atoms with Crippen molar-refractivity contribution in [2.24, 2.45) is 0 Å². The summed E-state index contributed by atoms with van der Waals surface area (Å²) in [4.78, 5) is 11.6. The lowest BCUT2D eigenvalue weighted by atomic mass is 10.2. The fourth-order valence-corrected chi connectivity index (χ4v) is 1.89. The Morgan fingerprint density at radius 1 is 0.905 bits per heavy atom. The molecule has 21 heavy (non-hydrogen) atoms. The highest BCUT2D eigenvalue weighted by atomic mass is 19.1. The van der Waals surface area contributed by atoms with Crippen molar-refractivity contribution < 1.29 is 13.6 Å². The van der Waals surface area contributed by atoms with Gasteiger partial charge in [-0.1, -0.05) is 30.3 Å². The zero-order valence-corrected chi connectivity index (χ0v) is 11.4. The minimum atomic E-state index is -0.625. The number of carbonyl (C=O) groups excluding carboxylic acids is 1. The maximum absolute atomic E-state index is 13.0. The summed E-state index contributed by atoms with van der Waals surface area (Å²) in [6, 6.07) is 12.8. The molecule has 2 aromatic rings. The van der Waals surface area contributed by atoms with Crippen LogP contribution in [0.4, 0.5) is 8.78 Å². The topological polar surface area (TPSA) is 41.1 Å². The summed E-state index contributed by atoms with van der Waals surface area (Å²) in [7, 11) is 0. The van der Waals surface area contributed by atoms with E-state index >= 15 is 0 Å². The molecule has 2 aromatic carbocycles. The molecule has 2 N–H and O–H groups in total. The van der Waals surface area contributed by atoms with E-state index in [2.05, 4.69) is 10.6 Å². The Balaban J connectivity index is 1.72. The molecule has 0 atom stereocenters. The third kappa shape index (κ3) is 5.31. The van der Waals surface area contributed by atoms with Crippen molar-refractivity contribution in [3.05, 3.63) is 71.3 Å². The van der Waals surface area contributed by atoms with Gasteiger partial charge in [-0.25, -0.2) is 8.78 Å². The summed E-state index contributed by atoms with van der Waals surface area (Å²) >= 11 is 0. The molecule has 1 amide bonds. The lowest BCUT2D eigenvalue weighted by molar-refractivity contribution is -0.120. The minimum absolute atomic E-state index is 0.0883. The Kier molecular flexibility index (Phi) is 5.40. The monoisotopic (exact) mass is 290 g/mol. The molecule has 2 rings (SSSR count). The van der Waals surface area contributed by atoms with Crippen molar-refractivity contribution in [2.45, 2.75) is 13.1 Å². The molecule has 110 valence electrons. The molecule has 3 nitrogen and oxygen atoms in total. The highest BCUT2D eigenvalue weighted by Crippen LogP contribution is 2.07. The highest BCUT2D eigenvalue weighted by Gasteiger charge is 2.03. The van der Waals surface area contributed by atoms with E-state index in [0.717, 1.165) is 11.6 Å². The number of amides is 1. The fourth-order valence-electron chi connectivity index (χ4n) is 1.89. The van der Waals surface area contributed by atoms with Gasteiger partial charge in [0.05, 0.1) is 6.54 Å². The molecule has 0 saturated heterocycles. The Morgan fingerprint density at radius 3 is 2.24 bits per heavy atom. The van der Waals surface area contributed by atoms with Gasteiger partial charge in [-0.15, -0.1) is 0 Å². The molecule has 0 aliphatic carbocycles. The smallest absolute Gasteiger partial charge is 0.234 e. The van der Waals surface area contributed by atoms with Crippen molar-refractivity contribution in [1.29, 1.82) is 0 Å². The second-order valence-electron chi connectivity index (χ2n) is 4.64. The van der Waals surface area contributed by atoms with Gasteiger partial charge < -0.3 is 10.6 Å². The molecule has 0 aliphatic rings. The Bertz CT molecular complexity index is 582. The van der Waals surface area contributed by atoms with E-state index in [9.17, 15) is 13.6 Å². The number of benzene rings is 2. The Morgan fingerprint density at radius 2 is 1.57 bits per heavy atom. The summed E-state index contributed by atoms with van der Waals surface area (Å²) in [5, 5.41) is 5.61. The molecule has 0 aliphatic heterocycles. The molecule has 0 unspecified atom stereocenters. The van der Waals surface area contributed by atoms with Crippen LogP contribution in [0.15, 0.2) is 48.5 Å². The summed E-state index contributed by atoms with van der Waals surface area (Å²) in [6.45, 7) is 0.772. The number of nitrogens with one attached hydrogen (secondary N) is 2. The van der Waals surface area contributed by atoms with Crippen LogP contribution in [-0.2, 0) is 17.9 Å². The lowest BCUT2D eigenvalue weighted by Crippen LogP contribution is -2.33. The lowest BCUT2D eigenvalue weighted by Gasteiger charge is -2.07. The van der Waals surface area contributed by atoms with Crippen molar-refractivity contribution in [2.75, 3.05) is 6.54 Å². The first-order chi connectivity index (χ1) is 10.1. The predicted octanol–water partition coefficient (Wildman–Crippen LogP) is 2.37. The van der Waals surface area contributed by atoms with Gasteiger partial charge in [-0.05, 0) is 23.3 Å². The first-order valence-electron chi connectivity index (χ1n) is 6.60. The van der Waals surface area contributed by atoms with E-state index in [0.29, 0.717) is 12.1 Å². The first-order valence-corrected chi connectivity index (χ1v) is 6.60. The Hall–Kier alpha value is -2.27. The van der Waals surface area contributed by atoms with Crippen molar-refractivity contribution in [3.63, 3.8) is 0 Å². The summed E-state index contributed by atoms with van der Waals surface area (Å²) in [6.07, 6.45) is 0. The number of hydrogen-bond acceptors (Lipinski definition) is 2. The number of rotatable bonds is 6. The van der Waals surface area contributed by atoms with Gasteiger partial charge in [0.2, 0.25) is 5.91 Å². The van der Waals surface area contributed by atoms with Crippen molar-refractivity contribution >= 4 is 5.91 Å². The number of halogens is 2. The van der Waals surface area contributed by atoms with E-state index in [1.54, 1.807) is 0 Å². The fraction of sp³-hybridized carbons (Fsp3) is 0.188. The molecule has 0 spiro atoms. The molecule has 0 saturated carbocycles. The molecular weight excluding hydrogens is 274 g/mol. The third-order valence-electron chi connectivity index (χ3n) is 2.87. The van der Waals surface area contributed by atoms with Crippen LogP contribution in [0.25, 0.3) is 0 Å². The molecule has 0 radical (unpaired) electrons. The summed E-state index contributed by atoms with van der Waals surface area (Å²) in [5.74, 6) is -1.42.